The lowest BCUT2D eigenvalue weighted by molar-refractivity contribution is -0.385. The Morgan fingerprint density at radius 1 is 1.77 bits per heavy atom. The molecule has 0 radical (unpaired) electrons. The van der Waals surface area contributed by atoms with Gasteiger partial charge in [0.15, 0.2) is 5.69 Å². The molecule has 1 heterocycles. The summed E-state index contributed by atoms with van der Waals surface area (Å²) in [4.78, 5) is 9.98. The van der Waals surface area contributed by atoms with Crippen molar-refractivity contribution in [3.63, 3.8) is 0 Å². The number of nitro groups is 1. The van der Waals surface area contributed by atoms with E-state index in [9.17, 15) is 10.1 Å². The van der Waals surface area contributed by atoms with Crippen molar-refractivity contribution in [2.75, 3.05) is 7.11 Å². The molecule has 0 fully saturated rings. The summed E-state index contributed by atoms with van der Waals surface area (Å²) >= 11 is 5.65. The smallest absolute Gasteiger partial charge is 0.331 e. The first-order chi connectivity index (χ1) is 6.07. The van der Waals surface area contributed by atoms with E-state index in [2.05, 4.69) is 5.10 Å². The third-order valence-corrected chi connectivity index (χ3v) is 1.91. The normalized spacial score (nSPS) is 10.4. The van der Waals surface area contributed by atoms with Crippen LogP contribution in [-0.2, 0) is 18.4 Å². The molecule has 0 amide bonds. The summed E-state index contributed by atoms with van der Waals surface area (Å²) in [6.07, 6.45) is 0. The average Bonchev–Trinajstić information content (AvgIpc) is 2.28. The molecule has 13 heavy (non-hydrogen) atoms. The van der Waals surface area contributed by atoms with Crippen molar-refractivity contribution >= 4 is 17.3 Å². The molecule has 1 rings (SSSR count). The van der Waals surface area contributed by atoms with Crippen LogP contribution >= 0.6 is 11.6 Å². The first-order valence-corrected chi connectivity index (χ1v) is 3.80. The molecule has 6 nitrogen and oxygen atoms in total. The number of aromatic nitrogens is 2. The summed E-state index contributed by atoms with van der Waals surface area (Å²) in [6, 6.07) is 0. The van der Waals surface area contributed by atoms with E-state index < -0.39 is 4.92 Å². The average molecular weight is 206 g/mol. The van der Waals surface area contributed by atoms with Gasteiger partial charge in [-0.1, -0.05) is 11.6 Å². The van der Waals surface area contributed by atoms with E-state index in [1.165, 1.54) is 18.8 Å². The Bertz CT molecular complexity index is 336. The van der Waals surface area contributed by atoms with Gasteiger partial charge in [0, 0.05) is 14.2 Å². The maximum Gasteiger partial charge on any atom is 0.331 e. The molecule has 0 aliphatic carbocycles. The summed E-state index contributed by atoms with van der Waals surface area (Å²) in [5, 5.41) is 14.4. The summed E-state index contributed by atoms with van der Waals surface area (Å²) < 4.78 is 5.99. The second-order valence-electron chi connectivity index (χ2n) is 2.40. The number of halogens is 1. The van der Waals surface area contributed by atoms with Crippen LogP contribution in [0.15, 0.2) is 0 Å². The van der Waals surface area contributed by atoms with Crippen LogP contribution in [0.2, 0.25) is 5.15 Å². The van der Waals surface area contributed by atoms with Crippen molar-refractivity contribution in [1.29, 1.82) is 0 Å². The number of aryl methyl sites for hydroxylation is 1. The van der Waals surface area contributed by atoms with Crippen LogP contribution in [0.1, 0.15) is 5.69 Å². The molecule has 1 aromatic rings. The van der Waals surface area contributed by atoms with Crippen LogP contribution in [0.25, 0.3) is 0 Å². The highest BCUT2D eigenvalue weighted by Gasteiger charge is 2.24. The number of hydrogen-bond acceptors (Lipinski definition) is 4. The van der Waals surface area contributed by atoms with E-state index in [4.69, 9.17) is 16.3 Å². The lowest BCUT2D eigenvalue weighted by atomic mass is 10.4. The van der Waals surface area contributed by atoms with E-state index in [1.54, 1.807) is 0 Å². The molecule has 0 atom stereocenters. The molecule has 0 bridgehead atoms. The largest absolute Gasteiger partial charge is 0.378 e. The lowest BCUT2D eigenvalue weighted by Crippen LogP contribution is -1.95. The first kappa shape index (κ1) is 9.94. The summed E-state index contributed by atoms with van der Waals surface area (Å²) in [7, 11) is 2.97. The van der Waals surface area contributed by atoms with Gasteiger partial charge in [-0.05, 0) is 0 Å². The number of nitrogens with zero attached hydrogens (tertiary/aromatic N) is 3. The van der Waals surface area contributed by atoms with Gasteiger partial charge in [-0.15, -0.1) is 0 Å². The van der Waals surface area contributed by atoms with Crippen molar-refractivity contribution in [1.82, 2.24) is 9.78 Å². The van der Waals surface area contributed by atoms with Crippen LogP contribution in [-0.4, -0.2) is 21.8 Å². The third kappa shape index (κ3) is 1.78. The quantitative estimate of drug-likeness (QED) is 0.548. The predicted molar refractivity (Wildman–Crippen MR) is 45.6 cm³/mol. The van der Waals surface area contributed by atoms with Crippen molar-refractivity contribution < 1.29 is 9.66 Å². The molecule has 1 aromatic heterocycles. The van der Waals surface area contributed by atoms with E-state index in [-0.39, 0.29) is 23.1 Å². The molecule has 0 saturated carbocycles. The fourth-order valence-corrected chi connectivity index (χ4v) is 1.18. The molecule has 72 valence electrons. The molecule has 0 N–H and O–H groups in total. The summed E-state index contributed by atoms with van der Waals surface area (Å²) in [6.45, 7) is 0.0802. The number of hydrogen-bond donors (Lipinski definition) is 0. The van der Waals surface area contributed by atoms with Gasteiger partial charge in [-0.25, -0.2) is 0 Å². The number of ether oxygens (including phenoxy) is 1. The SMILES string of the molecule is COCc1nn(C)c(Cl)c1[N+](=O)[O-]. The molecule has 0 spiro atoms. The van der Waals surface area contributed by atoms with E-state index in [0.717, 1.165) is 0 Å². The van der Waals surface area contributed by atoms with Crippen molar-refractivity contribution in [2.24, 2.45) is 7.05 Å². The summed E-state index contributed by atoms with van der Waals surface area (Å²) in [5.41, 5.74) is 0.0472. The van der Waals surface area contributed by atoms with Gasteiger partial charge in [0.05, 0.1) is 11.5 Å². The van der Waals surface area contributed by atoms with Crippen LogP contribution in [0.4, 0.5) is 5.69 Å². The molecule has 0 aliphatic rings. The maximum atomic E-state index is 10.5. The molecule has 0 saturated heterocycles. The Kier molecular flexibility index (Phi) is 2.84. The van der Waals surface area contributed by atoms with E-state index in [1.807, 2.05) is 0 Å². The molecule has 7 heteroatoms. The Balaban J connectivity index is 3.18. The number of rotatable bonds is 3. The minimum Gasteiger partial charge on any atom is -0.378 e. The van der Waals surface area contributed by atoms with E-state index in [0.29, 0.717) is 0 Å². The van der Waals surface area contributed by atoms with Gasteiger partial charge >= 0.3 is 5.69 Å². The molecule has 0 aromatic carbocycles. The predicted octanol–water partition coefficient (Wildman–Crippen LogP) is 1.13. The zero-order valence-electron chi connectivity index (χ0n) is 7.15. The van der Waals surface area contributed by atoms with Gasteiger partial charge in [0.2, 0.25) is 5.15 Å². The first-order valence-electron chi connectivity index (χ1n) is 3.42. The van der Waals surface area contributed by atoms with Gasteiger partial charge in [0.25, 0.3) is 0 Å². The molecular formula is C6H8ClN3O3. The van der Waals surface area contributed by atoms with Gasteiger partial charge in [-0.2, -0.15) is 5.10 Å². The van der Waals surface area contributed by atoms with Crippen LogP contribution < -0.4 is 0 Å². The standard InChI is InChI=1S/C6H8ClN3O3/c1-9-6(7)5(10(11)12)4(8-9)3-13-2/h3H2,1-2H3. The van der Waals surface area contributed by atoms with Crippen LogP contribution in [0.5, 0.6) is 0 Å². The Morgan fingerprint density at radius 2 is 2.38 bits per heavy atom. The summed E-state index contributed by atoms with van der Waals surface area (Å²) in [5.74, 6) is 0. The second-order valence-corrected chi connectivity index (χ2v) is 2.76. The zero-order chi connectivity index (χ0) is 10.0. The van der Waals surface area contributed by atoms with Crippen molar-refractivity contribution in [3.8, 4) is 0 Å². The zero-order valence-corrected chi connectivity index (χ0v) is 7.91. The fourth-order valence-electron chi connectivity index (χ4n) is 0.959. The maximum absolute atomic E-state index is 10.5. The van der Waals surface area contributed by atoms with Gasteiger partial charge < -0.3 is 4.74 Å². The van der Waals surface area contributed by atoms with Gasteiger partial charge in [0.1, 0.15) is 0 Å². The molecular weight excluding hydrogens is 198 g/mol. The topological polar surface area (TPSA) is 70.2 Å². The van der Waals surface area contributed by atoms with Crippen molar-refractivity contribution in [2.45, 2.75) is 6.61 Å². The monoisotopic (exact) mass is 205 g/mol. The van der Waals surface area contributed by atoms with Crippen LogP contribution in [0.3, 0.4) is 0 Å². The Hall–Kier alpha value is -1.14. The van der Waals surface area contributed by atoms with Crippen molar-refractivity contribution in [3.05, 3.63) is 21.0 Å². The number of methoxy groups -OCH3 is 1. The molecule has 0 unspecified atom stereocenters. The highest BCUT2D eigenvalue weighted by atomic mass is 35.5. The van der Waals surface area contributed by atoms with Crippen LogP contribution in [0, 0.1) is 10.1 Å². The molecule has 0 aliphatic heterocycles. The minimum atomic E-state index is -0.566. The second kappa shape index (κ2) is 3.71. The highest BCUT2D eigenvalue weighted by Crippen LogP contribution is 2.27. The highest BCUT2D eigenvalue weighted by molar-refractivity contribution is 6.31. The fraction of sp³-hybridized carbons (Fsp3) is 0.500. The third-order valence-electron chi connectivity index (χ3n) is 1.49. The lowest BCUT2D eigenvalue weighted by Gasteiger charge is -1.92. The Labute approximate surface area is 79.2 Å². The Morgan fingerprint density at radius 3 is 2.85 bits per heavy atom. The van der Waals surface area contributed by atoms with E-state index >= 15 is 0 Å². The minimum absolute atomic E-state index is 0.0112. The van der Waals surface area contributed by atoms with Gasteiger partial charge in [-0.3, -0.25) is 14.8 Å².